The molecular formula is C41H53N5O5S. The van der Waals surface area contributed by atoms with Crippen LogP contribution in [0, 0.1) is 5.41 Å². The summed E-state index contributed by atoms with van der Waals surface area (Å²) >= 11 is 0. The summed E-state index contributed by atoms with van der Waals surface area (Å²) in [5.41, 5.74) is 5.41. The monoisotopic (exact) mass is 727 g/mol. The zero-order chi connectivity index (χ0) is 35.9. The second-order valence-corrected chi connectivity index (χ2v) is 18.7. The van der Waals surface area contributed by atoms with Gasteiger partial charge in [0.05, 0.1) is 18.2 Å². The zero-order valence-corrected chi connectivity index (χ0v) is 31.7. The maximum atomic E-state index is 15.4. The number of carbonyl (C=O) groups is 2. The van der Waals surface area contributed by atoms with Crippen LogP contribution in [0.1, 0.15) is 117 Å². The molecule has 4 unspecified atom stereocenters. The highest BCUT2D eigenvalue weighted by molar-refractivity contribution is 7.87. The molecular weight excluding hydrogens is 675 g/mol. The van der Waals surface area contributed by atoms with Gasteiger partial charge < -0.3 is 19.1 Å². The van der Waals surface area contributed by atoms with E-state index < -0.39 is 21.5 Å². The topological polar surface area (TPSA) is 104 Å². The van der Waals surface area contributed by atoms with Gasteiger partial charge in [-0.3, -0.25) is 9.59 Å². The molecule has 2 saturated carbocycles. The minimum Gasteiger partial charge on any atom is -0.497 e. The van der Waals surface area contributed by atoms with Crippen LogP contribution in [0.5, 0.6) is 5.75 Å². The van der Waals surface area contributed by atoms with Gasteiger partial charge in [-0.25, -0.2) is 4.72 Å². The molecule has 11 heteroatoms. The molecule has 52 heavy (non-hydrogen) atoms. The molecule has 9 rings (SSSR count). The van der Waals surface area contributed by atoms with Crippen molar-refractivity contribution in [2.75, 3.05) is 34.3 Å². The quantitative estimate of drug-likeness (QED) is 0.303. The van der Waals surface area contributed by atoms with Crippen LogP contribution >= 0.6 is 0 Å². The second-order valence-electron chi connectivity index (χ2n) is 16.8. The number of rotatable bonds is 7. The molecule has 3 aromatic rings. The Labute approximate surface area is 308 Å². The van der Waals surface area contributed by atoms with Gasteiger partial charge in [-0.05, 0) is 118 Å². The highest BCUT2D eigenvalue weighted by Gasteiger charge is 2.65. The van der Waals surface area contributed by atoms with Crippen molar-refractivity contribution in [2.24, 2.45) is 5.41 Å². The molecule has 1 aromatic heterocycles. The second kappa shape index (κ2) is 12.9. The van der Waals surface area contributed by atoms with Crippen LogP contribution in [0.15, 0.2) is 36.4 Å². The van der Waals surface area contributed by atoms with Crippen LogP contribution in [0.2, 0.25) is 0 Å². The molecule has 2 aromatic carbocycles. The maximum Gasteiger partial charge on any atom is 0.303 e. The molecule has 2 aliphatic carbocycles. The van der Waals surface area contributed by atoms with Crippen LogP contribution < -0.4 is 9.46 Å². The van der Waals surface area contributed by atoms with Crippen molar-refractivity contribution >= 4 is 32.9 Å². The molecule has 6 aliphatic rings. The number of aromatic nitrogens is 1. The number of piperidine rings is 2. The van der Waals surface area contributed by atoms with Crippen molar-refractivity contribution in [1.82, 2.24) is 23.4 Å². The first-order valence-electron chi connectivity index (χ1n) is 19.8. The number of nitrogens with zero attached hydrogens (tertiary/aromatic N) is 4. The number of ether oxygens (including phenoxy) is 1. The van der Waals surface area contributed by atoms with Crippen LogP contribution in [-0.2, 0) is 21.5 Å². The van der Waals surface area contributed by atoms with Crippen molar-refractivity contribution in [3.63, 3.8) is 0 Å². The van der Waals surface area contributed by atoms with E-state index in [1.807, 2.05) is 18.2 Å². The number of hydrogen-bond acceptors (Lipinski definition) is 6. The number of methoxy groups -OCH3 is 1. The minimum atomic E-state index is -3.97. The predicted octanol–water partition coefficient (Wildman–Crippen LogP) is 6.40. The fraction of sp³-hybridized carbons (Fsp3) is 0.610. The first-order chi connectivity index (χ1) is 25.1. The Morgan fingerprint density at radius 1 is 0.885 bits per heavy atom. The molecule has 0 spiro atoms. The fourth-order valence-corrected chi connectivity index (χ4v) is 11.5. The predicted molar refractivity (Wildman–Crippen MR) is 202 cm³/mol. The van der Waals surface area contributed by atoms with E-state index in [4.69, 9.17) is 4.74 Å². The lowest BCUT2D eigenvalue weighted by atomic mass is 9.81. The van der Waals surface area contributed by atoms with Crippen molar-refractivity contribution in [2.45, 2.75) is 120 Å². The fourth-order valence-electron chi connectivity index (χ4n) is 11.0. The smallest absolute Gasteiger partial charge is 0.303 e. The summed E-state index contributed by atoms with van der Waals surface area (Å²) in [5, 5.41) is 1.10. The lowest BCUT2D eigenvalue weighted by Crippen LogP contribution is -2.55. The average molecular weight is 728 g/mol. The van der Waals surface area contributed by atoms with Gasteiger partial charge in [0.25, 0.3) is 5.91 Å². The van der Waals surface area contributed by atoms with Gasteiger partial charge in [0.15, 0.2) is 0 Å². The number of amides is 2. The number of carbonyl (C=O) groups excluding carboxylic acids is 2. The average Bonchev–Trinajstić information content (AvgIpc) is 3.75. The van der Waals surface area contributed by atoms with Gasteiger partial charge >= 0.3 is 10.2 Å². The highest BCUT2D eigenvalue weighted by Crippen LogP contribution is 2.67. The largest absolute Gasteiger partial charge is 0.497 e. The Morgan fingerprint density at radius 2 is 1.60 bits per heavy atom. The van der Waals surface area contributed by atoms with E-state index in [9.17, 15) is 13.2 Å². The van der Waals surface area contributed by atoms with Crippen LogP contribution in [-0.4, -0.2) is 91.3 Å². The minimum absolute atomic E-state index is 0.0789. The SMILES string of the molecule is COc1ccc2c(c1)C1CC1(C(=O)N1C3CCC1CC(N1CCCCC1)C3)Cn1c-2c(C2CCCCC2)c2ccc(C(=O)NS(=O)(=O)N(C)C)cc21. The van der Waals surface area contributed by atoms with Gasteiger partial charge in [-0.15, -0.1) is 0 Å². The van der Waals surface area contributed by atoms with E-state index in [0.717, 1.165) is 77.2 Å². The number of benzene rings is 2. The Hall–Kier alpha value is -3.41. The Bertz CT molecular complexity index is 2020. The summed E-state index contributed by atoms with van der Waals surface area (Å²) < 4.78 is 36.7. The molecule has 2 amide bonds. The zero-order valence-electron chi connectivity index (χ0n) is 30.9. The molecule has 278 valence electrons. The highest BCUT2D eigenvalue weighted by atomic mass is 32.2. The van der Waals surface area contributed by atoms with Gasteiger partial charge in [-0.2, -0.15) is 12.7 Å². The lowest BCUT2D eigenvalue weighted by molar-refractivity contribution is -0.143. The van der Waals surface area contributed by atoms with E-state index in [1.54, 1.807) is 13.2 Å². The van der Waals surface area contributed by atoms with Crippen LogP contribution in [0.3, 0.4) is 0 Å². The van der Waals surface area contributed by atoms with Gasteiger partial charge in [0.1, 0.15) is 5.75 Å². The number of nitrogens with one attached hydrogen (secondary N) is 1. The summed E-state index contributed by atoms with van der Waals surface area (Å²) in [4.78, 5) is 33.9. The Balaban J connectivity index is 1.16. The summed E-state index contributed by atoms with van der Waals surface area (Å²) in [6.07, 6.45) is 14.8. The number of fused-ring (bicyclic) bond motifs is 9. The first kappa shape index (κ1) is 34.4. The van der Waals surface area contributed by atoms with Gasteiger partial charge in [0.2, 0.25) is 5.91 Å². The first-order valence-corrected chi connectivity index (χ1v) is 21.2. The van der Waals surface area contributed by atoms with Crippen molar-refractivity contribution in [3.05, 3.63) is 53.1 Å². The third-order valence-electron chi connectivity index (χ3n) is 13.8. The van der Waals surface area contributed by atoms with E-state index >= 15 is 4.79 Å². The lowest BCUT2D eigenvalue weighted by Gasteiger charge is -2.45. The third kappa shape index (κ3) is 5.51. The van der Waals surface area contributed by atoms with E-state index in [0.29, 0.717) is 24.4 Å². The van der Waals surface area contributed by atoms with Gasteiger partial charge in [0, 0.05) is 66.7 Å². The summed E-state index contributed by atoms with van der Waals surface area (Å²) in [6, 6.07) is 13.2. The summed E-state index contributed by atoms with van der Waals surface area (Å²) in [7, 11) is 0.544. The van der Waals surface area contributed by atoms with Crippen LogP contribution in [0.25, 0.3) is 22.2 Å². The van der Waals surface area contributed by atoms with E-state index in [2.05, 4.69) is 31.2 Å². The maximum absolute atomic E-state index is 15.4. The normalized spacial score (nSPS) is 29.0. The molecule has 3 saturated heterocycles. The molecule has 10 nitrogen and oxygen atoms in total. The summed E-state index contributed by atoms with van der Waals surface area (Å²) in [5.74, 6) is 0.888. The molecule has 1 N–H and O–H groups in total. The number of likely N-dealkylation sites (tertiary alicyclic amines) is 1. The summed E-state index contributed by atoms with van der Waals surface area (Å²) in [6.45, 7) is 2.92. The molecule has 2 bridgehead atoms. The number of hydrogen-bond donors (Lipinski definition) is 1. The van der Waals surface area contributed by atoms with Crippen molar-refractivity contribution in [1.29, 1.82) is 0 Å². The standard InChI is InChI=1S/C41H53N5O5S/c1-43(2)52(49,50)42-39(47)27-12-16-33-36(20-27)45-25-41(40(48)46-28-13-14-29(46)22-30(21-28)44-18-8-5-9-19-44)24-35(41)34-23-31(51-3)15-17-32(34)38(45)37(33)26-10-6-4-7-11-26/h12,15-17,20,23,26,28-30,35H,4-11,13-14,18-19,21-22,24-25H2,1-3H3,(H,42,47). The third-order valence-corrected chi connectivity index (χ3v) is 15.2. The molecule has 0 radical (unpaired) electrons. The molecule has 5 heterocycles. The Morgan fingerprint density at radius 3 is 2.29 bits per heavy atom. The Kier molecular flexibility index (Phi) is 8.51. The van der Waals surface area contributed by atoms with Crippen LogP contribution in [0.4, 0.5) is 0 Å². The van der Waals surface area contributed by atoms with Crippen molar-refractivity contribution < 1.29 is 22.7 Å². The molecule has 4 atom stereocenters. The van der Waals surface area contributed by atoms with Gasteiger partial charge in [-0.1, -0.05) is 31.7 Å². The van der Waals surface area contributed by atoms with Crippen molar-refractivity contribution in [3.8, 4) is 17.0 Å². The molecule has 4 aliphatic heterocycles. The van der Waals surface area contributed by atoms with E-state index in [1.165, 1.54) is 76.8 Å². The van der Waals surface area contributed by atoms with E-state index in [-0.39, 0.29) is 23.6 Å². The molecule has 5 fully saturated rings.